The Morgan fingerprint density at radius 3 is 2.39 bits per heavy atom. The van der Waals surface area contributed by atoms with Crippen LogP contribution in [0, 0.1) is 0 Å². The molecular weight excluding hydrogens is 228 g/mol. The molecule has 1 aliphatic rings. The van der Waals surface area contributed by atoms with Gasteiger partial charge >= 0.3 is 0 Å². The molecular formula is C13H22N4O. The van der Waals surface area contributed by atoms with Gasteiger partial charge in [0.05, 0.1) is 0 Å². The van der Waals surface area contributed by atoms with Gasteiger partial charge in [-0.15, -0.1) is 0 Å². The standard InChI is InChI=1S/C13H22N4O/c1-10(2)17-12(14)9-11(15-17)13(18)16-7-5-3-4-6-8-16/h9-10H,3-8,14H2,1-2H3. The minimum atomic E-state index is 0.0167. The molecule has 18 heavy (non-hydrogen) atoms. The number of amides is 1. The number of anilines is 1. The van der Waals surface area contributed by atoms with Crippen molar-refractivity contribution in [2.75, 3.05) is 18.8 Å². The monoisotopic (exact) mass is 250 g/mol. The first-order valence-corrected chi connectivity index (χ1v) is 6.74. The molecule has 1 fully saturated rings. The number of hydrogen-bond acceptors (Lipinski definition) is 3. The molecule has 100 valence electrons. The van der Waals surface area contributed by atoms with Crippen molar-refractivity contribution in [3.63, 3.8) is 0 Å². The van der Waals surface area contributed by atoms with E-state index in [0.29, 0.717) is 11.5 Å². The van der Waals surface area contributed by atoms with Crippen LogP contribution in [0.3, 0.4) is 0 Å². The van der Waals surface area contributed by atoms with E-state index in [1.54, 1.807) is 10.7 Å². The first kappa shape index (κ1) is 12.9. The molecule has 0 aliphatic carbocycles. The van der Waals surface area contributed by atoms with E-state index in [9.17, 15) is 4.79 Å². The average Bonchev–Trinajstić information content (AvgIpc) is 2.56. The highest BCUT2D eigenvalue weighted by molar-refractivity contribution is 5.93. The quantitative estimate of drug-likeness (QED) is 0.873. The van der Waals surface area contributed by atoms with E-state index < -0.39 is 0 Å². The molecule has 5 nitrogen and oxygen atoms in total. The van der Waals surface area contributed by atoms with Crippen LogP contribution in [0.25, 0.3) is 0 Å². The summed E-state index contributed by atoms with van der Waals surface area (Å²) in [5.41, 5.74) is 6.35. The molecule has 1 aliphatic heterocycles. The van der Waals surface area contributed by atoms with Crippen LogP contribution in [0.15, 0.2) is 6.07 Å². The summed E-state index contributed by atoms with van der Waals surface area (Å²) in [6, 6.07) is 1.86. The van der Waals surface area contributed by atoms with Crippen LogP contribution in [0.5, 0.6) is 0 Å². The van der Waals surface area contributed by atoms with Crippen LogP contribution in [0.2, 0.25) is 0 Å². The van der Waals surface area contributed by atoms with Gasteiger partial charge in [-0.05, 0) is 26.7 Å². The second-order valence-electron chi connectivity index (χ2n) is 5.20. The topological polar surface area (TPSA) is 64.2 Å². The summed E-state index contributed by atoms with van der Waals surface area (Å²) in [6.45, 7) is 5.69. The van der Waals surface area contributed by atoms with E-state index in [1.165, 1.54) is 12.8 Å². The van der Waals surface area contributed by atoms with Gasteiger partial charge in [-0.3, -0.25) is 4.79 Å². The fourth-order valence-corrected chi connectivity index (χ4v) is 2.36. The number of nitrogens with zero attached hydrogens (tertiary/aromatic N) is 3. The van der Waals surface area contributed by atoms with E-state index in [0.717, 1.165) is 25.9 Å². The summed E-state index contributed by atoms with van der Waals surface area (Å²) < 4.78 is 1.70. The van der Waals surface area contributed by atoms with Crippen LogP contribution >= 0.6 is 0 Å². The Morgan fingerprint density at radius 2 is 1.89 bits per heavy atom. The summed E-state index contributed by atoms with van der Waals surface area (Å²) in [4.78, 5) is 14.2. The van der Waals surface area contributed by atoms with E-state index in [2.05, 4.69) is 5.10 Å². The number of carbonyl (C=O) groups is 1. The number of nitrogen functional groups attached to an aromatic ring is 1. The predicted molar refractivity (Wildman–Crippen MR) is 71.4 cm³/mol. The van der Waals surface area contributed by atoms with Crippen molar-refractivity contribution in [3.05, 3.63) is 11.8 Å². The van der Waals surface area contributed by atoms with Crippen LogP contribution in [0.4, 0.5) is 5.82 Å². The Hall–Kier alpha value is -1.52. The zero-order valence-corrected chi connectivity index (χ0v) is 11.2. The Balaban J connectivity index is 2.14. The van der Waals surface area contributed by atoms with Crippen LogP contribution < -0.4 is 5.73 Å². The molecule has 0 atom stereocenters. The van der Waals surface area contributed by atoms with Crippen molar-refractivity contribution in [3.8, 4) is 0 Å². The maximum absolute atomic E-state index is 12.3. The summed E-state index contributed by atoms with van der Waals surface area (Å²) in [5.74, 6) is 0.575. The van der Waals surface area contributed by atoms with Gasteiger partial charge in [-0.1, -0.05) is 12.8 Å². The zero-order chi connectivity index (χ0) is 13.1. The third-order valence-corrected chi connectivity index (χ3v) is 3.37. The summed E-state index contributed by atoms with van der Waals surface area (Å²) in [5, 5.41) is 4.32. The minimum absolute atomic E-state index is 0.0167. The molecule has 1 amide bonds. The molecule has 1 saturated heterocycles. The third kappa shape index (κ3) is 2.66. The van der Waals surface area contributed by atoms with Crippen LogP contribution in [-0.2, 0) is 0 Å². The van der Waals surface area contributed by atoms with Crippen molar-refractivity contribution in [2.45, 2.75) is 45.6 Å². The largest absolute Gasteiger partial charge is 0.384 e. The Bertz CT molecular complexity index is 417. The van der Waals surface area contributed by atoms with E-state index in [4.69, 9.17) is 5.73 Å². The van der Waals surface area contributed by atoms with Gasteiger partial charge in [-0.25, -0.2) is 4.68 Å². The molecule has 2 N–H and O–H groups in total. The first-order chi connectivity index (χ1) is 8.59. The normalized spacial score (nSPS) is 16.9. The second-order valence-corrected chi connectivity index (χ2v) is 5.20. The predicted octanol–water partition coefficient (Wildman–Crippen LogP) is 2.06. The fourth-order valence-electron chi connectivity index (χ4n) is 2.36. The maximum atomic E-state index is 12.3. The molecule has 0 aromatic carbocycles. The molecule has 0 radical (unpaired) electrons. The van der Waals surface area contributed by atoms with Crippen molar-refractivity contribution >= 4 is 11.7 Å². The highest BCUT2D eigenvalue weighted by Gasteiger charge is 2.21. The van der Waals surface area contributed by atoms with Gasteiger partial charge in [0.1, 0.15) is 5.82 Å². The molecule has 1 aromatic heterocycles. The fraction of sp³-hybridized carbons (Fsp3) is 0.692. The Labute approximate surface area is 108 Å². The van der Waals surface area contributed by atoms with Gasteiger partial charge in [0, 0.05) is 25.2 Å². The first-order valence-electron chi connectivity index (χ1n) is 6.74. The lowest BCUT2D eigenvalue weighted by atomic mass is 10.2. The lowest BCUT2D eigenvalue weighted by Crippen LogP contribution is -2.32. The smallest absolute Gasteiger partial charge is 0.274 e. The van der Waals surface area contributed by atoms with Gasteiger partial charge < -0.3 is 10.6 Å². The summed E-state index contributed by atoms with van der Waals surface area (Å²) in [7, 11) is 0. The molecule has 0 spiro atoms. The van der Waals surface area contributed by atoms with Crippen LogP contribution in [-0.4, -0.2) is 33.7 Å². The second kappa shape index (κ2) is 5.42. The average molecular weight is 250 g/mol. The van der Waals surface area contributed by atoms with E-state index in [-0.39, 0.29) is 11.9 Å². The van der Waals surface area contributed by atoms with Gasteiger partial charge in [0.15, 0.2) is 5.69 Å². The van der Waals surface area contributed by atoms with Crippen molar-refractivity contribution < 1.29 is 4.79 Å². The minimum Gasteiger partial charge on any atom is -0.384 e. The molecule has 5 heteroatoms. The van der Waals surface area contributed by atoms with Gasteiger partial charge in [0.2, 0.25) is 0 Å². The number of hydrogen-bond donors (Lipinski definition) is 1. The number of aromatic nitrogens is 2. The lowest BCUT2D eigenvalue weighted by Gasteiger charge is -2.18. The number of likely N-dealkylation sites (tertiary alicyclic amines) is 1. The van der Waals surface area contributed by atoms with E-state index >= 15 is 0 Å². The van der Waals surface area contributed by atoms with Crippen molar-refractivity contribution in [2.24, 2.45) is 0 Å². The maximum Gasteiger partial charge on any atom is 0.274 e. The number of carbonyl (C=O) groups excluding carboxylic acids is 1. The third-order valence-electron chi connectivity index (χ3n) is 3.37. The number of rotatable bonds is 2. The molecule has 1 aromatic rings. The molecule has 0 saturated carbocycles. The molecule has 2 rings (SSSR count). The van der Waals surface area contributed by atoms with Gasteiger partial charge in [0.25, 0.3) is 5.91 Å². The highest BCUT2D eigenvalue weighted by atomic mass is 16.2. The van der Waals surface area contributed by atoms with Crippen molar-refractivity contribution in [1.82, 2.24) is 14.7 Å². The molecule has 2 heterocycles. The van der Waals surface area contributed by atoms with Gasteiger partial charge in [-0.2, -0.15) is 5.10 Å². The van der Waals surface area contributed by atoms with E-state index in [1.807, 2.05) is 18.7 Å². The SMILES string of the molecule is CC(C)n1nc(C(=O)N2CCCCCC2)cc1N. The highest BCUT2D eigenvalue weighted by Crippen LogP contribution is 2.17. The molecule has 0 unspecified atom stereocenters. The summed E-state index contributed by atoms with van der Waals surface area (Å²) in [6.07, 6.45) is 4.61. The lowest BCUT2D eigenvalue weighted by molar-refractivity contribution is 0.0754. The summed E-state index contributed by atoms with van der Waals surface area (Å²) >= 11 is 0. The Kier molecular flexibility index (Phi) is 3.89. The number of nitrogens with two attached hydrogens (primary N) is 1. The zero-order valence-electron chi connectivity index (χ0n) is 11.2. The Morgan fingerprint density at radius 1 is 1.28 bits per heavy atom. The van der Waals surface area contributed by atoms with Crippen LogP contribution in [0.1, 0.15) is 56.1 Å². The molecule has 0 bridgehead atoms. The van der Waals surface area contributed by atoms with Crippen molar-refractivity contribution in [1.29, 1.82) is 0 Å².